The third-order valence-corrected chi connectivity index (χ3v) is 5.80. The molecule has 202 valence electrons. The Morgan fingerprint density at radius 3 is 2.13 bits per heavy atom. The molecule has 13 nitrogen and oxygen atoms in total. The van der Waals surface area contributed by atoms with Gasteiger partial charge in [0.05, 0.1) is 28.6 Å². The highest BCUT2D eigenvalue weighted by Gasteiger charge is 2.19. The molecule has 2 aromatic heterocycles. The second-order valence-electron chi connectivity index (χ2n) is 7.80. The van der Waals surface area contributed by atoms with Crippen LogP contribution in [0.5, 0.6) is 0 Å². The van der Waals surface area contributed by atoms with Crippen molar-refractivity contribution in [2.45, 2.75) is 13.0 Å². The summed E-state index contributed by atoms with van der Waals surface area (Å²) < 4.78 is 1.39. The maximum absolute atomic E-state index is 12.7. The number of halogens is 3. The highest BCUT2D eigenvalue weighted by molar-refractivity contribution is 6.41. The molecule has 7 N–H and O–H groups in total. The minimum atomic E-state index is -1.34. The normalized spacial score (nSPS) is 10.4. The zero-order valence-electron chi connectivity index (χ0n) is 19.6. The third-order valence-electron chi connectivity index (χ3n) is 4.95. The number of carbonyl (C=O) groups excluding carboxylic acids is 2. The second kappa shape index (κ2) is 12.4. The first-order valence-corrected chi connectivity index (χ1v) is 11.8. The molecule has 39 heavy (non-hydrogen) atoms. The molecular formula is C23H18Cl3N7O6. The third kappa shape index (κ3) is 7.54. The van der Waals surface area contributed by atoms with Gasteiger partial charge in [0.1, 0.15) is 17.2 Å². The van der Waals surface area contributed by atoms with Gasteiger partial charge in [-0.15, -0.1) is 5.10 Å². The van der Waals surface area contributed by atoms with E-state index in [9.17, 15) is 24.0 Å². The Labute approximate surface area is 233 Å². The summed E-state index contributed by atoms with van der Waals surface area (Å²) in [7, 11) is 0. The maximum Gasteiger partial charge on any atom is 0.352 e. The zero-order chi connectivity index (χ0) is 28.9. The van der Waals surface area contributed by atoms with Crippen LogP contribution < -0.4 is 22.7 Å². The van der Waals surface area contributed by atoms with E-state index in [1.165, 1.54) is 4.68 Å². The molecule has 2 aromatic carbocycles. The smallest absolute Gasteiger partial charge is 0.352 e. The van der Waals surface area contributed by atoms with Crippen molar-refractivity contribution in [3.63, 3.8) is 0 Å². The molecule has 0 saturated carbocycles. The fourth-order valence-electron chi connectivity index (χ4n) is 3.20. The van der Waals surface area contributed by atoms with E-state index in [4.69, 9.17) is 51.4 Å². The number of nitrogens with two attached hydrogens (primary N) is 2. The number of nitrogens with one attached hydrogen (secondary N) is 2. The van der Waals surface area contributed by atoms with E-state index in [0.29, 0.717) is 21.8 Å². The molecule has 0 bridgehead atoms. The SMILES string of the molecule is NC(=O)Cc1nnn(Cc2cc(Cl)c(C(=O)c3ccc(Cl)cc3)c(Cl)c2)c1N.O=C(O)c1cc(=O)[nH]c(=O)[nH]1. The number of nitrogens with zero attached hydrogens (tertiary/aromatic N) is 3. The number of carboxylic acid groups (broad SMARTS) is 1. The van der Waals surface area contributed by atoms with Crippen LogP contribution in [0.4, 0.5) is 5.82 Å². The van der Waals surface area contributed by atoms with Crippen molar-refractivity contribution in [2.24, 2.45) is 5.73 Å². The summed E-state index contributed by atoms with van der Waals surface area (Å²) in [4.78, 5) is 58.6. The lowest BCUT2D eigenvalue weighted by Crippen LogP contribution is -2.24. The van der Waals surface area contributed by atoms with E-state index >= 15 is 0 Å². The summed E-state index contributed by atoms with van der Waals surface area (Å²) in [6, 6.07) is 10.4. The predicted molar refractivity (Wildman–Crippen MR) is 142 cm³/mol. The molecular weight excluding hydrogens is 577 g/mol. The molecule has 2 heterocycles. The largest absolute Gasteiger partial charge is 0.477 e. The van der Waals surface area contributed by atoms with Gasteiger partial charge in [-0.3, -0.25) is 19.4 Å². The van der Waals surface area contributed by atoms with E-state index in [1.807, 2.05) is 9.97 Å². The monoisotopic (exact) mass is 593 g/mol. The standard InChI is InChI=1S/C18H14Cl3N5O2.C5H4N2O4/c19-11-3-1-10(2-4-11)17(28)16-12(20)5-9(6-13(16)21)8-26-18(23)14(24-25-26)7-15(22)27;8-3-1-2(4(9)10)6-5(11)7-3/h1-6H,7-8,23H2,(H2,22,27);1H,(H,9,10)(H2,6,7,8,11). The molecule has 0 aliphatic heterocycles. The Bertz CT molecular complexity index is 1630. The van der Waals surface area contributed by atoms with E-state index in [1.54, 1.807) is 36.4 Å². The zero-order valence-corrected chi connectivity index (χ0v) is 21.8. The fraction of sp³-hybridized carbons (Fsp3) is 0.0870. The van der Waals surface area contributed by atoms with Crippen molar-refractivity contribution in [2.75, 3.05) is 5.73 Å². The Kier molecular flexibility index (Phi) is 9.24. The molecule has 0 saturated heterocycles. The van der Waals surface area contributed by atoms with Crippen molar-refractivity contribution in [1.29, 1.82) is 0 Å². The van der Waals surface area contributed by atoms with Crippen LogP contribution in [0.1, 0.15) is 37.7 Å². The summed E-state index contributed by atoms with van der Waals surface area (Å²) in [5, 5.41) is 17.0. The van der Waals surface area contributed by atoms with Crippen LogP contribution in [0, 0.1) is 0 Å². The van der Waals surface area contributed by atoms with Crippen molar-refractivity contribution in [3.05, 3.63) is 106 Å². The molecule has 4 rings (SSSR count). The molecule has 4 aromatic rings. The van der Waals surface area contributed by atoms with Gasteiger partial charge < -0.3 is 21.6 Å². The lowest BCUT2D eigenvalue weighted by Gasteiger charge is -2.10. The average Bonchev–Trinajstić information content (AvgIpc) is 3.17. The molecule has 0 aliphatic rings. The summed E-state index contributed by atoms with van der Waals surface area (Å²) in [5.41, 5.74) is 10.7. The Balaban J connectivity index is 0.000000320. The average molecular weight is 595 g/mol. The molecule has 0 spiro atoms. The van der Waals surface area contributed by atoms with Crippen molar-refractivity contribution < 1.29 is 19.5 Å². The number of carbonyl (C=O) groups is 3. The first-order valence-electron chi connectivity index (χ1n) is 10.7. The number of aromatic amines is 2. The van der Waals surface area contributed by atoms with Gasteiger partial charge in [0.25, 0.3) is 5.56 Å². The highest BCUT2D eigenvalue weighted by atomic mass is 35.5. The Morgan fingerprint density at radius 1 is 0.974 bits per heavy atom. The molecule has 0 atom stereocenters. The molecule has 0 fully saturated rings. The number of anilines is 1. The lowest BCUT2D eigenvalue weighted by molar-refractivity contribution is -0.117. The molecule has 0 unspecified atom stereocenters. The van der Waals surface area contributed by atoms with Crippen LogP contribution in [0.15, 0.2) is 52.1 Å². The summed E-state index contributed by atoms with van der Waals surface area (Å²) >= 11 is 18.5. The van der Waals surface area contributed by atoms with E-state index in [2.05, 4.69) is 10.3 Å². The second-order valence-corrected chi connectivity index (χ2v) is 9.05. The maximum atomic E-state index is 12.7. The topological polar surface area (TPSA) is 220 Å². The van der Waals surface area contributed by atoms with Gasteiger partial charge in [-0.25, -0.2) is 14.3 Å². The summed E-state index contributed by atoms with van der Waals surface area (Å²) in [6.07, 6.45) is -0.109. The van der Waals surface area contributed by atoms with Gasteiger partial charge in [-0.2, -0.15) is 0 Å². The van der Waals surface area contributed by atoms with Crippen LogP contribution in [0.3, 0.4) is 0 Å². The van der Waals surface area contributed by atoms with Crippen molar-refractivity contribution >= 4 is 58.3 Å². The van der Waals surface area contributed by atoms with Gasteiger partial charge in [0.15, 0.2) is 5.78 Å². The predicted octanol–water partition coefficient (Wildman–Crippen LogP) is 1.89. The Hall–Kier alpha value is -4.46. The minimum Gasteiger partial charge on any atom is -0.477 e. The molecule has 1 amide bonds. The number of hydrogen-bond acceptors (Lipinski definition) is 8. The highest BCUT2D eigenvalue weighted by Crippen LogP contribution is 2.30. The number of benzene rings is 2. The number of aromatic carboxylic acids is 1. The first kappa shape index (κ1) is 29.1. The van der Waals surface area contributed by atoms with E-state index < -0.39 is 28.8 Å². The van der Waals surface area contributed by atoms with Crippen LogP contribution >= 0.6 is 34.8 Å². The fourth-order valence-corrected chi connectivity index (χ4v) is 4.03. The van der Waals surface area contributed by atoms with Crippen LogP contribution in [-0.2, 0) is 17.8 Å². The summed E-state index contributed by atoms with van der Waals surface area (Å²) in [5.74, 6) is -2.00. The number of rotatable bonds is 7. The van der Waals surface area contributed by atoms with Gasteiger partial charge in [-0.05, 0) is 42.0 Å². The number of H-pyrrole nitrogens is 2. The van der Waals surface area contributed by atoms with Gasteiger partial charge >= 0.3 is 11.7 Å². The van der Waals surface area contributed by atoms with Crippen molar-refractivity contribution in [1.82, 2.24) is 25.0 Å². The molecule has 16 heteroatoms. The van der Waals surface area contributed by atoms with Crippen LogP contribution in [0.25, 0.3) is 0 Å². The van der Waals surface area contributed by atoms with Gasteiger partial charge in [-0.1, -0.05) is 40.0 Å². The number of carboxylic acids is 1. The van der Waals surface area contributed by atoms with Gasteiger partial charge in [0, 0.05) is 16.7 Å². The number of nitrogen functional groups attached to an aromatic ring is 1. The number of amides is 1. The van der Waals surface area contributed by atoms with E-state index in [-0.39, 0.29) is 40.2 Å². The number of primary amides is 1. The van der Waals surface area contributed by atoms with Gasteiger partial charge in [0.2, 0.25) is 5.91 Å². The van der Waals surface area contributed by atoms with Crippen LogP contribution in [0.2, 0.25) is 15.1 Å². The Morgan fingerprint density at radius 2 is 1.59 bits per heavy atom. The number of aromatic nitrogens is 5. The summed E-state index contributed by atoms with van der Waals surface area (Å²) in [6.45, 7) is 0.201. The van der Waals surface area contributed by atoms with Crippen molar-refractivity contribution in [3.8, 4) is 0 Å². The quantitative estimate of drug-likeness (QED) is 0.197. The van der Waals surface area contributed by atoms with Crippen LogP contribution in [-0.4, -0.2) is 47.7 Å². The number of ketones is 1. The number of hydrogen-bond donors (Lipinski definition) is 5. The molecule has 0 aliphatic carbocycles. The lowest BCUT2D eigenvalue weighted by atomic mass is 10.0. The van der Waals surface area contributed by atoms with E-state index in [0.717, 1.165) is 6.07 Å². The molecule has 0 radical (unpaired) electrons. The minimum absolute atomic E-state index is 0.109. The first-order chi connectivity index (χ1) is 18.3.